The van der Waals surface area contributed by atoms with Gasteiger partial charge in [0.1, 0.15) is 5.69 Å². The fourth-order valence-electron chi connectivity index (χ4n) is 1.93. The van der Waals surface area contributed by atoms with Gasteiger partial charge in [-0.3, -0.25) is 0 Å². The van der Waals surface area contributed by atoms with E-state index in [1.54, 1.807) is 19.3 Å². The van der Waals surface area contributed by atoms with Gasteiger partial charge in [0.2, 0.25) is 0 Å². The number of esters is 1. The summed E-state index contributed by atoms with van der Waals surface area (Å²) in [7, 11) is 0. The summed E-state index contributed by atoms with van der Waals surface area (Å²) in [4.78, 5) is 21.9. The summed E-state index contributed by atoms with van der Waals surface area (Å²) in [5.41, 5.74) is 3.14. The highest BCUT2D eigenvalue weighted by Crippen LogP contribution is 2.23. The smallest absolute Gasteiger partial charge is 0.354 e. The minimum Gasteiger partial charge on any atom is -0.461 e. The van der Waals surface area contributed by atoms with Crippen molar-refractivity contribution in [1.29, 1.82) is 0 Å². The van der Waals surface area contributed by atoms with Crippen LogP contribution in [0.5, 0.6) is 0 Å². The number of carbonyl (C=O) groups excluding carboxylic acids is 1. The van der Waals surface area contributed by atoms with E-state index in [4.69, 9.17) is 4.74 Å². The van der Waals surface area contributed by atoms with Gasteiger partial charge in [-0.1, -0.05) is 0 Å². The summed E-state index contributed by atoms with van der Waals surface area (Å²) in [6.45, 7) is 2.15. The van der Waals surface area contributed by atoms with Crippen molar-refractivity contribution in [3.05, 3.63) is 30.2 Å². The second-order valence-electron chi connectivity index (χ2n) is 3.73. The van der Waals surface area contributed by atoms with Crippen LogP contribution in [0, 0.1) is 0 Å². The Kier molecular flexibility index (Phi) is 2.11. The molecule has 0 aliphatic heterocycles. The van der Waals surface area contributed by atoms with Crippen LogP contribution in [-0.2, 0) is 4.74 Å². The number of nitrogens with one attached hydrogen (secondary N) is 2. The fourth-order valence-corrected chi connectivity index (χ4v) is 1.93. The number of rotatable bonds is 2. The Morgan fingerprint density at radius 1 is 1.41 bits per heavy atom. The molecule has 17 heavy (non-hydrogen) atoms. The number of aromatic nitrogens is 3. The van der Waals surface area contributed by atoms with Crippen molar-refractivity contribution in [3.8, 4) is 0 Å². The molecule has 0 saturated carbocycles. The molecule has 86 valence electrons. The molecule has 3 aromatic rings. The third-order valence-corrected chi connectivity index (χ3v) is 2.68. The summed E-state index contributed by atoms with van der Waals surface area (Å²) in [6, 6.07) is 5.62. The van der Waals surface area contributed by atoms with E-state index in [2.05, 4.69) is 15.0 Å². The maximum atomic E-state index is 11.6. The summed E-state index contributed by atoms with van der Waals surface area (Å²) in [6.07, 6.45) is 1.64. The summed E-state index contributed by atoms with van der Waals surface area (Å²) in [5, 5.41) is 0.923. The molecule has 0 radical (unpaired) electrons. The molecule has 0 aliphatic carbocycles. The standard InChI is InChI=1S/C12H11N3O2/c1-2-17-12(16)10-5-7-8(15-10)3-4-9-11(7)14-6-13-9/h3-6,15H,2H2,1H3,(H,13,14). The Hall–Kier alpha value is -2.30. The first-order valence-corrected chi connectivity index (χ1v) is 5.41. The van der Waals surface area contributed by atoms with Gasteiger partial charge in [0.25, 0.3) is 0 Å². The maximum Gasteiger partial charge on any atom is 0.354 e. The van der Waals surface area contributed by atoms with E-state index in [1.165, 1.54) is 0 Å². The number of H-pyrrole nitrogens is 2. The molecule has 0 bridgehead atoms. The van der Waals surface area contributed by atoms with Crippen LogP contribution >= 0.6 is 0 Å². The minimum absolute atomic E-state index is 0.340. The minimum atomic E-state index is -0.340. The number of nitrogens with zero attached hydrogens (tertiary/aromatic N) is 1. The second kappa shape index (κ2) is 3.62. The quantitative estimate of drug-likeness (QED) is 0.662. The molecule has 0 fully saturated rings. The van der Waals surface area contributed by atoms with E-state index in [9.17, 15) is 4.79 Å². The van der Waals surface area contributed by atoms with Crippen LogP contribution in [0.25, 0.3) is 21.9 Å². The first kappa shape index (κ1) is 9.89. The van der Waals surface area contributed by atoms with Gasteiger partial charge >= 0.3 is 5.97 Å². The molecule has 0 spiro atoms. The second-order valence-corrected chi connectivity index (χ2v) is 3.73. The number of imidazole rings is 1. The number of hydrogen-bond donors (Lipinski definition) is 2. The van der Waals surface area contributed by atoms with Gasteiger partial charge in [0, 0.05) is 10.9 Å². The van der Waals surface area contributed by atoms with Crippen molar-refractivity contribution in [2.45, 2.75) is 6.92 Å². The van der Waals surface area contributed by atoms with Gasteiger partial charge in [-0.05, 0) is 25.1 Å². The van der Waals surface area contributed by atoms with Crippen LogP contribution in [0.4, 0.5) is 0 Å². The highest BCUT2D eigenvalue weighted by atomic mass is 16.5. The maximum absolute atomic E-state index is 11.6. The number of fused-ring (bicyclic) bond motifs is 3. The molecule has 2 N–H and O–H groups in total. The van der Waals surface area contributed by atoms with Crippen LogP contribution < -0.4 is 0 Å². The van der Waals surface area contributed by atoms with Crippen molar-refractivity contribution in [1.82, 2.24) is 15.0 Å². The molecule has 3 rings (SSSR count). The Balaban J connectivity index is 2.20. The van der Waals surface area contributed by atoms with E-state index in [0.29, 0.717) is 12.3 Å². The molecule has 1 aromatic carbocycles. The zero-order valence-corrected chi connectivity index (χ0v) is 9.28. The van der Waals surface area contributed by atoms with Crippen LogP contribution in [0.2, 0.25) is 0 Å². The van der Waals surface area contributed by atoms with Crippen LogP contribution in [0.15, 0.2) is 24.5 Å². The SMILES string of the molecule is CCOC(=O)c1cc2c(ccc3[nH]cnc32)[nH]1. The fraction of sp³-hybridized carbons (Fsp3) is 0.167. The van der Waals surface area contributed by atoms with Crippen LogP contribution in [0.3, 0.4) is 0 Å². The van der Waals surface area contributed by atoms with Gasteiger partial charge in [-0.25, -0.2) is 9.78 Å². The summed E-state index contributed by atoms with van der Waals surface area (Å²) in [5.74, 6) is -0.340. The molecule has 0 aliphatic rings. The van der Waals surface area contributed by atoms with E-state index < -0.39 is 0 Å². The average molecular weight is 229 g/mol. The van der Waals surface area contributed by atoms with Crippen molar-refractivity contribution in [2.24, 2.45) is 0 Å². The van der Waals surface area contributed by atoms with Gasteiger partial charge in [-0.2, -0.15) is 0 Å². The molecule has 5 heteroatoms. The zero-order chi connectivity index (χ0) is 11.8. The molecule has 0 saturated heterocycles. The molecule has 0 amide bonds. The Morgan fingerprint density at radius 2 is 2.24 bits per heavy atom. The number of benzene rings is 1. The van der Waals surface area contributed by atoms with Crippen molar-refractivity contribution in [2.75, 3.05) is 6.61 Å². The third kappa shape index (κ3) is 1.47. The van der Waals surface area contributed by atoms with Crippen LogP contribution in [-0.4, -0.2) is 27.5 Å². The topological polar surface area (TPSA) is 70.8 Å². The molecule has 0 atom stereocenters. The largest absolute Gasteiger partial charge is 0.461 e. The number of ether oxygens (including phenoxy) is 1. The third-order valence-electron chi connectivity index (χ3n) is 2.68. The van der Waals surface area contributed by atoms with Gasteiger partial charge < -0.3 is 14.7 Å². The molecule has 0 unspecified atom stereocenters. The molecular weight excluding hydrogens is 218 g/mol. The van der Waals surface area contributed by atoms with E-state index in [0.717, 1.165) is 21.9 Å². The predicted molar refractivity (Wildman–Crippen MR) is 63.9 cm³/mol. The van der Waals surface area contributed by atoms with Gasteiger partial charge in [0.15, 0.2) is 0 Å². The van der Waals surface area contributed by atoms with Gasteiger partial charge in [-0.15, -0.1) is 0 Å². The highest BCUT2D eigenvalue weighted by molar-refractivity contribution is 6.06. The van der Waals surface area contributed by atoms with Gasteiger partial charge in [0.05, 0.1) is 24.0 Å². The molecule has 2 aromatic heterocycles. The number of hydrogen-bond acceptors (Lipinski definition) is 3. The lowest BCUT2D eigenvalue weighted by Crippen LogP contribution is -2.04. The lowest BCUT2D eigenvalue weighted by atomic mass is 10.2. The van der Waals surface area contributed by atoms with E-state index in [-0.39, 0.29) is 5.97 Å². The molecule has 5 nitrogen and oxygen atoms in total. The Labute approximate surface area is 96.8 Å². The van der Waals surface area contributed by atoms with E-state index >= 15 is 0 Å². The summed E-state index contributed by atoms with van der Waals surface area (Å²) < 4.78 is 4.95. The summed E-state index contributed by atoms with van der Waals surface area (Å²) >= 11 is 0. The van der Waals surface area contributed by atoms with E-state index in [1.807, 2.05) is 12.1 Å². The normalized spacial score (nSPS) is 11.1. The molecular formula is C12H11N3O2. The van der Waals surface area contributed by atoms with Crippen molar-refractivity contribution < 1.29 is 9.53 Å². The highest BCUT2D eigenvalue weighted by Gasteiger charge is 2.12. The predicted octanol–water partition coefficient (Wildman–Crippen LogP) is 2.22. The lowest BCUT2D eigenvalue weighted by molar-refractivity contribution is 0.0520. The first-order valence-electron chi connectivity index (χ1n) is 5.41. The first-order chi connectivity index (χ1) is 8.29. The number of aromatic amines is 2. The van der Waals surface area contributed by atoms with Crippen molar-refractivity contribution in [3.63, 3.8) is 0 Å². The zero-order valence-electron chi connectivity index (χ0n) is 9.28. The average Bonchev–Trinajstić information content (AvgIpc) is 2.94. The van der Waals surface area contributed by atoms with Crippen LogP contribution in [0.1, 0.15) is 17.4 Å². The monoisotopic (exact) mass is 229 g/mol. The lowest BCUT2D eigenvalue weighted by Gasteiger charge is -1.96. The van der Waals surface area contributed by atoms with Crippen molar-refractivity contribution >= 4 is 27.9 Å². The Morgan fingerprint density at radius 3 is 3.06 bits per heavy atom. The number of carbonyl (C=O) groups is 1. The molecule has 2 heterocycles. The Bertz CT molecular complexity index is 696.